The Bertz CT molecular complexity index is 2130. The summed E-state index contributed by atoms with van der Waals surface area (Å²) in [5.41, 5.74) is 0. The van der Waals surface area contributed by atoms with E-state index in [4.69, 9.17) is 42.2 Å². The molecule has 2 saturated heterocycles. The van der Waals surface area contributed by atoms with Crippen molar-refractivity contribution in [3.63, 3.8) is 0 Å². The van der Waals surface area contributed by atoms with E-state index >= 15 is 0 Å². The number of carbonyl (C=O) groups excluding carboxylic acids is 3. The molecule has 2 aliphatic heterocycles. The van der Waals surface area contributed by atoms with Gasteiger partial charge in [-0.1, -0.05) is 270 Å². The van der Waals surface area contributed by atoms with Gasteiger partial charge in [-0.2, -0.15) is 0 Å². The zero-order valence-electron chi connectivity index (χ0n) is 62.2. The van der Waals surface area contributed by atoms with Gasteiger partial charge in [0.15, 0.2) is 18.7 Å². The molecule has 24 nitrogen and oxygen atoms in total. The Hall–Kier alpha value is -2.30. The molecule has 3 rings (SSSR count). The van der Waals surface area contributed by atoms with Crippen molar-refractivity contribution in [1.29, 1.82) is 0 Å². The van der Waals surface area contributed by atoms with Gasteiger partial charge in [0, 0.05) is 19.3 Å². The summed E-state index contributed by atoms with van der Waals surface area (Å²) >= 11 is 0. The Balaban J connectivity index is 1.71. The second-order valence-electron chi connectivity index (χ2n) is 28.8. The van der Waals surface area contributed by atoms with E-state index in [1.54, 1.807) is 0 Å². The van der Waals surface area contributed by atoms with Crippen LogP contribution in [0.25, 0.3) is 0 Å². The molecule has 18 atom stereocenters. The Morgan fingerprint density at radius 2 is 0.693 bits per heavy atom. The summed E-state index contributed by atoms with van der Waals surface area (Å²) in [4.78, 5) is 51.1. The first-order valence-corrected chi connectivity index (χ1v) is 41.5. The minimum atomic E-state index is -5.70. The number of ether oxygens (including phenoxy) is 7. The van der Waals surface area contributed by atoms with Crippen LogP contribution in [0, 0.1) is 0 Å². The van der Waals surface area contributed by atoms with E-state index in [9.17, 15) is 74.9 Å². The summed E-state index contributed by atoms with van der Waals surface area (Å²) in [5.74, 6) is -1.99. The monoisotopic (exact) mass is 1470 g/mol. The lowest BCUT2D eigenvalue weighted by Gasteiger charge is -2.49. The minimum absolute atomic E-state index is 0.0324. The molecule has 25 heteroatoms. The van der Waals surface area contributed by atoms with Crippen molar-refractivity contribution >= 4 is 25.7 Å². The zero-order chi connectivity index (χ0) is 73.9. The topological polar surface area (TPSA) is 374 Å². The van der Waals surface area contributed by atoms with Crippen molar-refractivity contribution in [3.8, 4) is 0 Å². The molecule has 594 valence electrons. The van der Waals surface area contributed by atoms with E-state index in [2.05, 4.69) is 32.9 Å². The van der Waals surface area contributed by atoms with Crippen molar-refractivity contribution in [2.45, 2.75) is 427 Å². The quantitative estimate of drug-likeness (QED) is 0.00886. The first-order valence-electron chi connectivity index (χ1n) is 40.0. The van der Waals surface area contributed by atoms with Crippen LogP contribution in [-0.4, -0.2) is 204 Å². The standard InChI is InChI=1S/C76H141O24P/c1-4-7-10-13-16-19-22-25-28-30-33-35-38-41-44-47-50-60(78)92-54-57(95-62(80)52-49-46-43-40-37-32-27-24-21-18-15-12-9-6-3)55-94-101(90,91)100-74-72(98-75-70(88)65(83)63(81)58(53-77)96-75)68(86)67(85)69(87)73(74)99-76-71(89)66(84)64(82)59(97-76)56-93-61(79)51-48-45-42-39-36-34-31-29-26-23-20-17-14-11-8-5-2/h32,37,57-59,63-77,81-89H,4-31,33-36,38-56H2,1-3H3,(H,90,91)/b37-32-. The summed E-state index contributed by atoms with van der Waals surface area (Å²) in [6.45, 7) is 3.47. The average molecular weight is 1470 g/mol. The summed E-state index contributed by atoms with van der Waals surface area (Å²) in [7, 11) is -5.70. The third-order valence-corrected chi connectivity index (χ3v) is 20.8. The van der Waals surface area contributed by atoms with Crippen LogP contribution in [0.15, 0.2) is 12.2 Å². The molecule has 101 heavy (non-hydrogen) atoms. The predicted molar refractivity (Wildman–Crippen MR) is 384 cm³/mol. The average Bonchev–Trinajstić information content (AvgIpc) is 0.760. The number of aliphatic hydroxyl groups excluding tert-OH is 10. The summed E-state index contributed by atoms with van der Waals surface area (Å²) in [6.07, 6.45) is 18.3. The van der Waals surface area contributed by atoms with Crippen LogP contribution in [0.4, 0.5) is 0 Å². The number of esters is 3. The van der Waals surface area contributed by atoms with Crippen molar-refractivity contribution in [1.82, 2.24) is 0 Å². The second kappa shape index (κ2) is 57.8. The molecule has 1 saturated carbocycles. The largest absolute Gasteiger partial charge is 0.472 e. The van der Waals surface area contributed by atoms with Gasteiger partial charge in [-0.3, -0.25) is 23.4 Å². The highest BCUT2D eigenvalue weighted by molar-refractivity contribution is 7.47. The van der Waals surface area contributed by atoms with Crippen molar-refractivity contribution in [2.24, 2.45) is 0 Å². The van der Waals surface area contributed by atoms with E-state index in [-0.39, 0.29) is 19.3 Å². The lowest BCUT2D eigenvalue weighted by Crippen LogP contribution is -2.69. The molecule has 18 unspecified atom stereocenters. The SMILES string of the molecule is CCCCCCCCC/C=C\CCCCCC(=O)OC(COC(=O)CCCCCCCCCCCCCCCCCC)COP(=O)(O)OC1C(OC2OC(CO)C(O)C(O)C2O)C(O)C(O)C(O)C1OC1OC(COC(=O)CCCCCCCCCCCCCCCCCC)C(O)C(O)C1O. The molecule has 1 aliphatic carbocycles. The summed E-state index contributed by atoms with van der Waals surface area (Å²) < 4.78 is 65.1. The maximum absolute atomic E-state index is 14.4. The molecule has 0 radical (unpaired) electrons. The van der Waals surface area contributed by atoms with Gasteiger partial charge in [-0.25, -0.2) is 4.57 Å². The third-order valence-electron chi connectivity index (χ3n) is 19.8. The number of hydrogen-bond donors (Lipinski definition) is 11. The number of rotatable bonds is 63. The van der Waals surface area contributed by atoms with Gasteiger partial charge in [-0.05, 0) is 44.9 Å². The molecule has 0 spiro atoms. The van der Waals surface area contributed by atoms with Crippen LogP contribution in [0.2, 0.25) is 0 Å². The normalized spacial score (nSPS) is 27.2. The highest BCUT2D eigenvalue weighted by Gasteiger charge is 2.58. The molecule has 0 aromatic carbocycles. The van der Waals surface area contributed by atoms with Crippen LogP contribution in [0.5, 0.6) is 0 Å². The zero-order valence-corrected chi connectivity index (χ0v) is 63.1. The van der Waals surface area contributed by atoms with Crippen LogP contribution >= 0.6 is 7.82 Å². The van der Waals surface area contributed by atoms with E-state index in [1.807, 2.05) is 0 Å². The number of allylic oxidation sites excluding steroid dienone is 2. The smallest absolute Gasteiger partial charge is 0.463 e. The first-order chi connectivity index (χ1) is 48.8. The first kappa shape index (κ1) is 92.9. The number of unbranched alkanes of at least 4 members (excludes halogenated alkanes) is 40. The number of aliphatic hydroxyl groups is 10. The predicted octanol–water partition coefficient (Wildman–Crippen LogP) is 11.9. The Labute approximate surface area is 605 Å². The van der Waals surface area contributed by atoms with Gasteiger partial charge in [0.1, 0.15) is 98.7 Å². The molecule has 0 aromatic heterocycles. The van der Waals surface area contributed by atoms with Crippen LogP contribution in [0.1, 0.15) is 323 Å². The van der Waals surface area contributed by atoms with Gasteiger partial charge in [-0.15, -0.1) is 0 Å². The van der Waals surface area contributed by atoms with Crippen LogP contribution < -0.4 is 0 Å². The summed E-state index contributed by atoms with van der Waals surface area (Å²) in [6, 6.07) is 0. The Morgan fingerprint density at radius 1 is 0.376 bits per heavy atom. The lowest BCUT2D eigenvalue weighted by molar-refractivity contribution is -0.360. The Morgan fingerprint density at radius 3 is 1.08 bits per heavy atom. The number of hydrogen-bond acceptors (Lipinski definition) is 23. The lowest BCUT2D eigenvalue weighted by atomic mass is 9.84. The molecule has 0 aromatic rings. The van der Waals surface area contributed by atoms with E-state index in [0.29, 0.717) is 25.7 Å². The van der Waals surface area contributed by atoms with Crippen molar-refractivity contribution < 1.29 is 117 Å². The highest BCUT2D eigenvalue weighted by Crippen LogP contribution is 2.49. The fourth-order valence-corrected chi connectivity index (χ4v) is 14.2. The highest BCUT2D eigenvalue weighted by atomic mass is 31.2. The van der Waals surface area contributed by atoms with Gasteiger partial charge < -0.3 is 89.1 Å². The summed E-state index contributed by atoms with van der Waals surface area (Å²) in [5, 5.41) is 110. The van der Waals surface area contributed by atoms with E-state index in [0.717, 1.165) is 83.5 Å². The van der Waals surface area contributed by atoms with Crippen LogP contribution in [-0.2, 0) is 61.2 Å². The molecule has 0 amide bonds. The maximum atomic E-state index is 14.4. The molecule has 3 fully saturated rings. The van der Waals surface area contributed by atoms with Gasteiger partial charge in [0.05, 0.1) is 13.2 Å². The minimum Gasteiger partial charge on any atom is -0.463 e. The number of phosphoric ester groups is 1. The fourth-order valence-electron chi connectivity index (χ4n) is 13.3. The third kappa shape index (κ3) is 40.5. The number of carbonyl (C=O) groups is 3. The van der Waals surface area contributed by atoms with Gasteiger partial charge in [0.25, 0.3) is 0 Å². The van der Waals surface area contributed by atoms with Gasteiger partial charge in [0.2, 0.25) is 0 Å². The maximum Gasteiger partial charge on any atom is 0.472 e. The van der Waals surface area contributed by atoms with E-state index < -0.39 is 156 Å². The molecule has 11 N–H and O–H groups in total. The molecule has 0 bridgehead atoms. The van der Waals surface area contributed by atoms with Gasteiger partial charge >= 0.3 is 25.7 Å². The fraction of sp³-hybridized carbons (Fsp3) is 0.934. The number of phosphoric acid groups is 1. The molecular weight excluding hydrogens is 1330 g/mol. The molecule has 2 heterocycles. The van der Waals surface area contributed by atoms with E-state index in [1.165, 1.54) is 173 Å². The van der Waals surface area contributed by atoms with Crippen LogP contribution in [0.3, 0.4) is 0 Å². The van der Waals surface area contributed by atoms with Crippen molar-refractivity contribution in [2.75, 3.05) is 26.4 Å². The second-order valence-corrected chi connectivity index (χ2v) is 30.2. The molecule has 3 aliphatic rings. The molecular formula is C76H141O24P. The van der Waals surface area contributed by atoms with Crippen molar-refractivity contribution in [3.05, 3.63) is 12.2 Å². The Kier molecular flexibility index (Phi) is 53.2.